The Kier molecular flexibility index (Phi) is 4.57. The van der Waals surface area contributed by atoms with Crippen LogP contribution in [0.5, 0.6) is 6.01 Å². The summed E-state index contributed by atoms with van der Waals surface area (Å²) < 4.78 is 11.1. The zero-order valence-corrected chi connectivity index (χ0v) is 13.9. The number of aliphatic hydroxyl groups is 1. The second-order valence-electron chi connectivity index (χ2n) is 5.73. The first kappa shape index (κ1) is 16.1. The normalized spacial score (nSPS) is 11.0. The largest absolute Gasteiger partial charge is 0.461 e. The van der Waals surface area contributed by atoms with Gasteiger partial charge in [0.2, 0.25) is 5.89 Å². The number of ether oxygens (including phenoxy) is 1. The van der Waals surface area contributed by atoms with Crippen molar-refractivity contribution in [1.82, 2.24) is 15.0 Å². The van der Waals surface area contributed by atoms with E-state index in [1.165, 1.54) is 0 Å². The molecule has 0 atom stereocenters. The van der Waals surface area contributed by atoms with Crippen molar-refractivity contribution >= 4 is 0 Å². The van der Waals surface area contributed by atoms with Gasteiger partial charge in [0, 0.05) is 23.5 Å². The SMILES string of the molecule is Cc1ccc(-c2oc(CO)nc2-c2cnc(OC(C)C)nc2)cc1. The number of aliphatic hydroxyl groups excluding tert-OH is 1. The molecule has 0 unspecified atom stereocenters. The molecule has 0 bridgehead atoms. The maximum atomic E-state index is 9.35. The fourth-order valence-corrected chi connectivity index (χ4v) is 2.24. The van der Waals surface area contributed by atoms with Gasteiger partial charge in [0.25, 0.3) is 0 Å². The molecule has 3 rings (SSSR count). The van der Waals surface area contributed by atoms with Crippen LogP contribution in [0.1, 0.15) is 25.3 Å². The second kappa shape index (κ2) is 6.80. The fourth-order valence-electron chi connectivity index (χ4n) is 2.24. The molecule has 0 radical (unpaired) electrons. The fraction of sp³-hybridized carbons (Fsp3) is 0.278. The molecule has 2 aromatic heterocycles. The highest BCUT2D eigenvalue weighted by Crippen LogP contribution is 2.32. The summed E-state index contributed by atoms with van der Waals surface area (Å²) in [6.45, 7) is 5.58. The number of nitrogens with zero attached hydrogens (tertiary/aromatic N) is 3. The molecule has 0 aliphatic carbocycles. The summed E-state index contributed by atoms with van der Waals surface area (Å²) in [5.41, 5.74) is 3.33. The first-order valence-electron chi connectivity index (χ1n) is 7.73. The molecule has 0 saturated carbocycles. The molecule has 24 heavy (non-hydrogen) atoms. The molecule has 0 fully saturated rings. The van der Waals surface area contributed by atoms with Crippen molar-refractivity contribution in [2.75, 3.05) is 0 Å². The topological polar surface area (TPSA) is 81.3 Å². The van der Waals surface area contributed by atoms with Crippen LogP contribution < -0.4 is 4.74 Å². The summed E-state index contributed by atoms with van der Waals surface area (Å²) in [5, 5.41) is 9.35. The van der Waals surface area contributed by atoms with Gasteiger partial charge in [0.1, 0.15) is 12.3 Å². The van der Waals surface area contributed by atoms with Gasteiger partial charge in [-0.3, -0.25) is 0 Å². The van der Waals surface area contributed by atoms with E-state index in [2.05, 4.69) is 15.0 Å². The lowest BCUT2D eigenvalue weighted by molar-refractivity contribution is 0.222. The molecule has 1 N–H and O–H groups in total. The highest BCUT2D eigenvalue weighted by Gasteiger charge is 2.17. The summed E-state index contributed by atoms with van der Waals surface area (Å²) in [4.78, 5) is 12.8. The number of hydrogen-bond acceptors (Lipinski definition) is 6. The van der Waals surface area contributed by atoms with Crippen LogP contribution in [0.15, 0.2) is 41.1 Å². The number of aromatic nitrogens is 3. The Labute approximate surface area is 140 Å². The average Bonchev–Trinajstić information content (AvgIpc) is 3.00. The average molecular weight is 325 g/mol. The molecular formula is C18H19N3O3. The Morgan fingerprint density at radius 2 is 1.75 bits per heavy atom. The van der Waals surface area contributed by atoms with E-state index >= 15 is 0 Å². The predicted molar refractivity (Wildman–Crippen MR) is 89.4 cm³/mol. The number of benzene rings is 1. The summed E-state index contributed by atoms with van der Waals surface area (Å²) in [6.07, 6.45) is 3.29. The first-order chi connectivity index (χ1) is 11.6. The minimum Gasteiger partial charge on any atom is -0.461 e. The number of aryl methyl sites for hydroxylation is 1. The van der Waals surface area contributed by atoms with Gasteiger partial charge >= 0.3 is 6.01 Å². The third-order valence-electron chi connectivity index (χ3n) is 3.36. The molecule has 3 aromatic rings. The van der Waals surface area contributed by atoms with Crippen LogP contribution in [-0.2, 0) is 6.61 Å². The molecule has 124 valence electrons. The molecule has 2 heterocycles. The van der Waals surface area contributed by atoms with Gasteiger partial charge in [-0.15, -0.1) is 0 Å². The van der Waals surface area contributed by atoms with E-state index in [1.54, 1.807) is 12.4 Å². The minimum absolute atomic E-state index is 0.00649. The van der Waals surface area contributed by atoms with Crippen LogP contribution in [-0.4, -0.2) is 26.2 Å². The van der Waals surface area contributed by atoms with E-state index in [0.717, 1.165) is 11.1 Å². The Hall–Kier alpha value is -2.73. The summed E-state index contributed by atoms with van der Waals surface area (Å²) >= 11 is 0. The number of rotatable bonds is 5. The molecule has 0 saturated heterocycles. The second-order valence-corrected chi connectivity index (χ2v) is 5.73. The molecule has 1 aromatic carbocycles. The van der Waals surface area contributed by atoms with Crippen LogP contribution >= 0.6 is 0 Å². The van der Waals surface area contributed by atoms with E-state index in [9.17, 15) is 5.11 Å². The van der Waals surface area contributed by atoms with E-state index in [-0.39, 0.29) is 18.6 Å². The third kappa shape index (κ3) is 3.44. The van der Waals surface area contributed by atoms with E-state index in [4.69, 9.17) is 9.15 Å². The summed E-state index contributed by atoms with van der Waals surface area (Å²) in [7, 11) is 0. The Morgan fingerprint density at radius 1 is 1.08 bits per heavy atom. The lowest BCUT2D eigenvalue weighted by Crippen LogP contribution is -2.08. The maximum Gasteiger partial charge on any atom is 0.316 e. The van der Waals surface area contributed by atoms with Crippen LogP contribution in [0.2, 0.25) is 0 Å². The molecule has 0 amide bonds. The lowest BCUT2D eigenvalue weighted by atomic mass is 10.1. The van der Waals surface area contributed by atoms with Crippen molar-refractivity contribution in [3.63, 3.8) is 0 Å². The smallest absolute Gasteiger partial charge is 0.316 e. The standard InChI is InChI=1S/C18H19N3O3/c1-11(2)23-18-19-8-14(9-20-18)16-17(24-15(10-22)21-16)13-6-4-12(3)5-7-13/h4-9,11,22H,10H2,1-3H3. The van der Waals surface area contributed by atoms with Gasteiger partial charge in [-0.1, -0.05) is 29.8 Å². The van der Waals surface area contributed by atoms with Gasteiger partial charge in [-0.05, 0) is 20.8 Å². The molecular weight excluding hydrogens is 306 g/mol. The van der Waals surface area contributed by atoms with E-state index < -0.39 is 0 Å². The van der Waals surface area contributed by atoms with Crippen LogP contribution in [0.3, 0.4) is 0 Å². The van der Waals surface area contributed by atoms with E-state index in [1.807, 2.05) is 45.0 Å². The van der Waals surface area contributed by atoms with Gasteiger partial charge in [-0.25, -0.2) is 15.0 Å². The number of oxazole rings is 1. The minimum atomic E-state index is -0.270. The highest BCUT2D eigenvalue weighted by atomic mass is 16.5. The Balaban J connectivity index is 2.00. The molecule has 0 aliphatic heterocycles. The van der Waals surface area contributed by atoms with Crippen molar-refractivity contribution in [2.45, 2.75) is 33.5 Å². The molecule has 6 nitrogen and oxygen atoms in total. The summed E-state index contributed by atoms with van der Waals surface area (Å²) in [6, 6.07) is 8.22. The van der Waals surface area contributed by atoms with Crippen molar-refractivity contribution in [1.29, 1.82) is 0 Å². The van der Waals surface area contributed by atoms with Gasteiger partial charge in [0.05, 0.1) is 6.10 Å². The zero-order valence-electron chi connectivity index (χ0n) is 13.9. The van der Waals surface area contributed by atoms with Gasteiger partial charge in [0.15, 0.2) is 5.76 Å². The van der Waals surface area contributed by atoms with Crippen LogP contribution in [0.25, 0.3) is 22.6 Å². The van der Waals surface area contributed by atoms with E-state index in [0.29, 0.717) is 23.0 Å². The molecule has 6 heteroatoms. The quantitative estimate of drug-likeness (QED) is 0.774. The Bertz CT molecular complexity index is 809. The van der Waals surface area contributed by atoms with Crippen LogP contribution in [0, 0.1) is 6.92 Å². The third-order valence-corrected chi connectivity index (χ3v) is 3.36. The first-order valence-corrected chi connectivity index (χ1v) is 7.73. The maximum absolute atomic E-state index is 9.35. The van der Waals surface area contributed by atoms with Crippen molar-refractivity contribution in [2.24, 2.45) is 0 Å². The molecule has 0 spiro atoms. The van der Waals surface area contributed by atoms with Crippen molar-refractivity contribution < 1.29 is 14.3 Å². The Morgan fingerprint density at radius 3 is 2.33 bits per heavy atom. The van der Waals surface area contributed by atoms with Gasteiger partial charge < -0.3 is 14.3 Å². The van der Waals surface area contributed by atoms with Crippen molar-refractivity contribution in [3.05, 3.63) is 48.1 Å². The van der Waals surface area contributed by atoms with Crippen molar-refractivity contribution in [3.8, 4) is 28.6 Å². The highest BCUT2D eigenvalue weighted by molar-refractivity contribution is 5.76. The monoisotopic (exact) mass is 325 g/mol. The number of hydrogen-bond donors (Lipinski definition) is 1. The predicted octanol–water partition coefficient (Wildman–Crippen LogP) is 3.39. The van der Waals surface area contributed by atoms with Gasteiger partial charge in [-0.2, -0.15) is 0 Å². The summed E-state index contributed by atoms with van der Waals surface area (Å²) in [5.74, 6) is 0.836. The van der Waals surface area contributed by atoms with Crippen LogP contribution in [0.4, 0.5) is 0 Å². The molecule has 0 aliphatic rings. The zero-order chi connectivity index (χ0) is 17.1. The lowest BCUT2D eigenvalue weighted by Gasteiger charge is -2.07.